The van der Waals surface area contributed by atoms with Gasteiger partial charge >= 0.3 is 0 Å². The molecule has 0 spiro atoms. The van der Waals surface area contributed by atoms with E-state index in [4.69, 9.17) is 13.9 Å². The molecule has 1 aromatic heterocycles. The van der Waals surface area contributed by atoms with Crippen LogP contribution in [0.5, 0.6) is 11.5 Å². The van der Waals surface area contributed by atoms with Crippen molar-refractivity contribution in [1.82, 2.24) is 14.5 Å². The van der Waals surface area contributed by atoms with Crippen LogP contribution in [0.25, 0.3) is 11.5 Å². The van der Waals surface area contributed by atoms with E-state index >= 15 is 0 Å². The summed E-state index contributed by atoms with van der Waals surface area (Å²) in [7, 11) is -3.59. The summed E-state index contributed by atoms with van der Waals surface area (Å²) in [5, 5.41) is 8.39. The van der Waals surface area contributed by atoms with Gasteiger partial charge in [-0.3, -0.25) is 0 Å². The Bertz CT molecular complexity index is 1240. The lowest BCUT2D eigenvalue weighted by atomic mass is 10.00. The first-order valence-electron chi connectivity index (χ1n) is 10.2. The third kappa shape index (κ3) is 3.68. The highest BCUT2D eigenvalue weighted by atomic mass is 32.2. The molecular weight excluding hydrogens is 418 g/mol. The second-order valence-corrected chi connectivity index (χ2v) is 9.89. The minimum absolute atomic E-state index is 0.149. The number of fused-ring (bicyclic) bond motifs is 1. The normalized spacial score (nSPS) is 19.0. The highest BCUT2D eigenvalue weighted by Crippen LogP contribution is 2.37. The van der Waals surface area contributed by atoms with E-state index in [9.17, 15) is 8.42 Å². The topological polar surface area (TPSA) is 94.8 Å². The van der Waals surface area contributed by atoms with E-state index < -0.39 is 10.0 Å². The lowest BCUT2D eigenvalue weighted by Crippen LogP contribution is -2.39. The number of ether oxygens (including phenoxy) is 2. The molecule has 2 aromatic carbocycles. The second kappa shape index (κ2) is 7.65. The van der Waals surface area contributed by atoms with Gasteiger partial charge in [-0.15, -0.1) is 10.2 Å². The number of aryl methyl sites for hydroxylation is 2. The molecule has 0 radical (unpaired) electrons. The van der Waals surface area contributed by atoms with E-state index in [-0.39, 0.29) is 12.7 Å². The molecule has 162 valence electrons. The van der Waals surface area contributed by atoms with Crippen LogP contribution in [0.3, 0.4) is 0 Å². The van der Waals surface area contributed by atoms with Crippen molar-refractivity contribution in [1.29, 1.82) is 0 Å². The number of sulfonamides is 1. The van der Waals surface area contributed by atoms with Crippen molar-refractivity contribution in [3.05, 3.63) is 53.4 Å². The molecule has 0 saturated carbocycles. The van der Waals surface area contributed by atoms with Crippen molar-refractivity contribution in [2.24, 2.45) is 0 Å². The Balaban J connectivity index is 1.37. The summed E-state index contributed by atoms with van der Waals surface area (Å²) in [5.74, 6) is 2.00. The number of hydrogen-bond acceptors (Lipinski definition) is 7. The maximum absolute atomic E-state index is 13.3. The van der Waals surface area contributed by atoms with Crippen LogP contribution in [0.15, 0.2) is 45.7 Å². The average Bonchev–Trinajstić information content (AvgIpc) is 3.43. The number of hydrogen-bond donors (Lipinski definition) is 0. The van der Waals surface area contributed by atoms with Gasteiger partial charge in [-0.1, -0.05) is 17.7 Å². The van der Waals surface area contributed by atoms with Crippen molar-refractivity contribution >= 4 is 10.0 Å². The molecule has 2 aliphatic heterocycles. The summed E-state index contributed by atoms with van der Waals surface area (Å²) in [5.41, 5.74) is 2.53. The quantitative estimate of drug-likeness (QED) is 0.610. The lowest BCUT2D eigenvalue weighted by molar-refractivity contribution is 0.174. The van der Waals surface area contributed by atoms with Crippen LogP contribution in [-0.2, 0) is 10.0 Å². The van der Waals surface area contributed by atoms with Crippen LogP contribution in [0.4, 0.5) is 0 Å². The first-order chi connectivity index (χ1) is 14.9. The van der Waals surface area contributed by atoms with E-state index in [1.54, 1.807) is 18.2 Å². The molecule has 0 N–H and O–H groups in total. The van der Waals surface area contributed by atoms with Gasteiger partial charge in [0.05, 0.1) is 10.8 Å². The molecule has 3 aromatic rings. The Morgan fingerprint density at radius 2 is 1.87 bits per heavy atom. The van der Waals surface area contributed by atoms with Crippen molar-refractivity contribution in [3.8, 4) is 23.0 Å². The molecule has 3 heterocycles. The summed E-state index contributed by atoms with van der Waals surface area (Å²) >= 11 is 0. The van der Waals surface area contributed by atoms with Crippen LogP contribution in [-0.4, -0.2) is 42.8 Å². The van der Waals surface area contributed by atoms with Gasteiger partial charge in [-0.05, 0) is 56.5 Å². The van der Waals surface area contributed by atoms with Crippen molar-refractivity contribution in [2.45, 2.75) is 37.5 Å². The highest BCUT2D eigenvalue weighted by molar-refractivity contribution is 7.89. The third-order valence-electron chi connectivity index (χ3n) is 5.74. The number of nitrogens with zero attached hydrogens (tertiary/aromatic N) is 3. The molecule has 0 amide bonds. The Morgan fingerprint density at radius 1 is 1.03 bits per heavy atom. The van der Waals surface area contributed by atoms with Gasteiger partial charge in [0.2, 0.25) is 28.6 Å². The second-order valence-electron chi connectivity index (χ2n) is 7.98. The van der Waals surface area contributed by atoms with E-state index in [0.29, 0.717) is 41.3 Å². The molecule has 0 aliphatic carbocycles. The molecule has 0 unspecified atom stereocenters. The van der Waals surface area contributed by atoms with Crippen molar-refractivity contribution in [2.75, 3.05) is 19.9 Å². The average molecular weight is 442 g/mol. The number of rotatable bonds is 4. The lowest BCUT2D eigenvalue weighted by Gasteiger charge is -2.30. The number of piperidine rings is 1. The zero-order valence-electron chi connectivity index (χ0n) is 17.4. The van der Waals surface area contributed by atoms with Crippen LogP contribution < -0.4 is 9.47 Å². The van der Waals surface area contributed by atoms with Gasteiger partial charge in [0.1, 0.15) is 0 Å². The van der Waals surface area contributed by atoms with Crippen LogP contribution >= 0.6 is 0 Å². The third-order valence-corrected chi connectivity index (χ3v) is 7.77. The van der Waals surface area contributed by atoms with Crippen molar-refractivity contribution < 1.29 is 22.3 Å². The fourth-order valence-electron chi connectivity index (χ4n) is 4.14. The summed E-state index contributed by atoms with van der Waals surface area (Å²) in [6.07, 6.45) is 1.53. The molecule has 0 bridgehead atoms. The minimum atomic E-state index is -3.59. The summed E-state index contributed by atoms with van der Waals surface area (Å²) < 4.78 is 44.7. The Morgan fingerprint density at radius 3 is 2.71 bits per heavy atom. The van der Waals surface area contributed by atoms with Gasteiger partial charge in [0.15, 0.2) is 11.5 Å². The van der Waals surface area contributed by atoms with E-state index in [1.165, 1.54) is 4.31 Å². The molecule has 8 nitrogen and oxygen atoms in total. The van der Waals surface area contributed by atoms with Crippen molar-refractivity contribution in [3.63, 3.8) is 0 Å². The van der Waals surface area contributed by atoms with E-state index in [0.717, 1.165) is 29.5 Å². The molecule has 1 saturated heterocycles. The maximum atomic E-state index is 13.3. The van der Waals surface area contributed by atoms with Gasteiger partial charge in [-0.25, -0.2) is 8.42 Å². The first-order valence-corrected chi connectivity index (χ1v) is 11.7. The molecule has 5 rings (SSSR count). The largest absolute Gasteiger partial charge is 0.454 e. The van der Waals surface area contributed by atoms with E-state index in [1.807, 2.05) is 32.0 Å². The Hall–Kier alpha value is -2.91. The fraction of sp³-hybridized carbons (Fsp3) is 0.364. The summed E-state index contributed by atoms with van der Waals surface area (Å²) in [6, 6.07) is 10.9. The standard InChI is InChI=1S/C22H23N3O5S/c1-14-5-8-20(15(2)10-14)31(26,27)25-9-3-4-17(12-25)22-24-23-21(30-22)16-6-7-18-19(11-16)29-13-28-18/h5-8,10-11,17H,3-4,9,12-13H2,1-2H3/t17-/m1/s1. The number of benzene rings is 2. The van der Waals surface area contributed by atoms with Crippen LogP contribution in [0, 0.1) is 13.8 Å². The molecule has 1 fully saturated rings. The molecule has 2 aliphatic rings. The summed E-state index contributed by atoms with van der Waals surface area (Å²) in [6.45, 7) is 4.78. The van der Waals surface area contributed by atoms with Gasteiger partial charge in [-0.2, -0.15) is 4.31 Å². The molecule has 9 heteroatoms. The van der Waals surface area contributed by atoms with Gasteiger partial charge in [0, 0.05) is 18.7 Å². The van der Waals surface area contributed by atoms with Gasteiger partial charge < -0.3 is 13.9 Å². The predicted molar refractivity (Wildman–Crippen MR) is 113 cm³/mol. The molecular formula is C22H23N3O5S. The van der Waals surface area contributed by atoms with Gasteiger partial charge in [0.25, 0.3) is 0 Å². The number of aromatic nitrogens is 2. The Labute approximate surface area is 180 Å². The predicted octanol–water partition coefficient (Wildman–Crippen LogP) is 3.65. The first kappa shape index (κ1) is 20.0. The minimum Gasteiger partial charge on any atom is -0.454 e. The molecule has 1 atom stereocenters. The zero-order valence-corrected chi connectivity index (χ0v) is 18.2. The smallest absolute Gasteiger partial charge is 0.247 e. The highest BCUT2D eigenvalue weighted by Gasteiger charge is 2.34. The van der Waals surface area contributed by atoms with Crippen LogP contribution in [0.1, 0.15) is 35.8 Å². The van der Waals surface area contributed by atoms with Crippen LogP contribution in [0.2, 0.25) is 0 Å². The Kier molecular flexibility index (Phi) is 4.94. The SMILES string of the molecule is Cc1ccc(S(=O)(=O)N2CCC[C@@H](c3nnc(-c4ccc5c(c4)OCO5)o3)C2)c(C)c1. The maximum Gasteiger partial charge on any atom is 0.247 e. The fourth-order valence-corrected chi connectivity index (χ4v) is 5.87. The molecule has 31 heavy (non-hydrogen) atoms. The zero-order chi connectivity index (χ0) is 21.6. The summed E-state index contributed by atoms with van der Waals surface area (Å²) in [4.78, 5) is 0.352. The monoisotopic (exact) mass is 441 g/mol. The van der Waals surface area contributed by atoms with E-state index in [2.05, 4.69) is 10.2 Å².